The lowest BCUT2D eigenvalue weighted by atomic mass is 9.92. The average Bonchev–Trinajstić information content (AvgIpc) is 2.95. The van der Waals surface area contributed by atoms with Crippen LogP contribution in [-0.2, 0) is 27.2 Å². The van der Waals surface area contributed by atoms with Crippen LogP contribution in [0.2, 0.25) is 5.02 Å². The van der Waals surface area contributed by atoms with Gasteiger partial charge in [0.05, 0.1) is 11.9 Å². The summed E-state index contributed by atoms with van der Waals surface area (Å²) in [6, 6.07) is 7.23. The molecule has 1 fully saturated rings. The first-order valence-corrected chi connectivity index (χ1v) is 9.54. The van der Waals surface area contributed by atoms with Crippen LogP contribution in [0.5, 0.6) is 0 Å². The number of Topliss-reactive ketones (excluding diaryl/α,β-unsaturated/α-hetero) is 2. The van der Waals surface area contributed by atoms with Gasteiger partial charge in [0.15, 0.2) is 5.78 Å². The lowest BCUT2D eigenvalue weighted by Crippen LogP contribution is -2.47. The average molecular weight is 419 g/mol. The molecule has 2 aromatic rings. The maximum absolute atomic E-state index is 13.4. The summed E-state index contributed by atoms with van der Waals surface area (Å²) < 4.78 is 13.4. The molecule has 0 aliphatic carbocycles. The lowest BCUT2D eigenvalue weighted by Gasteiger charge is -2.21. The quantitative estimate of drug-likeness (QED) is 0.698. The standard InChI is InChI=1S/C21H20ClFN2O4/c1-13(26)8-17-3-4-18(12-24-17)25-7-6-21(29,20(25)28)19(27)5-2-14-9-15(22)11-16(23)10-14/h3-4,9-12,29H,2,5-8H2,1H3/t21-/m0/s1. The molecule has 1 aromatic carbocycles. The third-order valence-corrected chi connectivity index (χ3v) is 5.09. The predicted molar refractivity (Wildman–Crippen MR) is 105 cm³/mol. The summed E-state index contributed by atoms with van der Waals surface area (Å²) in [4.78, 5) is 42.0. The molecule has 0 radical (unpaired) electrons. The third kappa shape index (κ3) is 4.68. The molecule has 0 spiro atoms. The van der Waals surface area contributed by atoms with Crippen LogP contribution in [0.25, 0.3) is 0 Å². The van der Waals surface area contributed by atoms with E-state index in [-0.39, 0.29) is 43.0 Å². The van der Waals surface area contributed by atoms with Crippen molar-refractivity contribution in [1.82, 2.24) is 4.98 Å². The summed E-state index contributed by atoms with van der Waals surface area (Å²) in [5.74, 6) is -1.86. The Bertz CT molecular complexity index is 943. The van der Waals surface area contributed by atoms with E-state index in [1.807, 2.05) is 0 Å². The number of ketones is 2. The number of nitrogens with zero attached hydrogens (tertiary/aromatic N) is 2. The van der Waals surface area contributed by atoms with Gasteiger partial charge in [-0.05, 0) is 49.2 Å². The molecule has 0 unspecified atom stereocenters. The molecule has 0 saturated carbocycles. The number of carbonyl (C=O) groups excluding carboxylic acids is 3. The fraction of sp³-hybridized carbons (Fsp3) is 0.333. The first-order valence-electron chi connectivity index (χ1n) is 9.16. The smallest absolute Gasteiger partial charge is 0.266 e. The van der Waals surface area contributed by atoms with Crippen LogP contribution in [0.3, 0.4) is 0 Å². The van der Waals surface area contributed by atoms with Gasteiger partial charge >= 0.3 is 0 Å². The zero-order chi connectivity index (χ0) is 21.2. The van der Waals surface area contributed by atoms with E-state index in [1.54, 1.807) is 18.2 Å². The number of anilines is 1. The summed E-state index contributed by atoms with van der Waals surface area (Å²) in [5, 5.41) is 10.9. The molecule has 1 N–H and O–H groups in total. The van der Waals surface area contributed by atoms with Crippen molar-refractivity contribution in [1.29, 1.82) is 0 Å². The molecule has 1 saturated heterocycles. The molecule has 152 valence electrons. The number of hydrogen-bond donors (Lipinski definition) is 1. The molecule has 8 heteroatoms. The molecule has 3 rings (SSSR count). The zero-order valence-electron chi connectivity index (χ0n) is 15.8. The van der Waals surface area contributed by atoms with E-state index in [1.165, 1.54) is 24.1 Å². The number of benzene rings is 1. The molecule has 6 nitrogen and oxygen atoms in total. The first kappa shape index (κ1) is 21.1. The Morgan fingerprint density at radius 1 is 1.31 bits per heavy atom. The molecule has 2 heterocycles. The van der Waals surface area contributed by atoms with Crippen LogP contribution in [0, 0.1) is 5.82 Å². The van der Waals surface area contributed by atoms with Crippen LogP contribution < -0.4 is 4.90 Å². The summed E-state index contributed by atoms with van der Waals surface area (Å²) >= 11 is 5.81. The topological polar surface area (TPSA) is 87.6 Å². The van der Waals surface area contributed by atoms with Crippen molar-refractivity contribution < 1.29 is 23.9 Å². The van der Waals surface area contributed by atoms with Gasteiger partial charge in [-0.1, -0.05) is 11.6 Å². The SMILES string of the molecule is CC(=O)Cc1ccc(N2CC[C@](O)(C(=O)CCc3cc(F)cc(Cl)c3)C2=O)cn1. The van der Waals surface area contributed by atoms with Crippen molar-refractivity contribution in [3.05, 3.63) is 58.6 Å². The minimum atomic E-state index is -2.12. The highest BCUT2D eigenvalue weighted by molar-refractivity contribution is 6.30. The number of aryl methyl sites for hydroxylation is 1. The van der Waals surface area contributed by atoms with Crippen molar-refractivity contribution in [3.63, 3.8) is 0 Å². The number of hydrogen-bond acceptors (Lipinski definition) is 5. The van der Waals surface area contributed by atoms with E-state index in [0.717, 1.165) is 6.07 Å². The fourth-order valence-corrected chi connectivity index (χ4v) is 3.61. The Morgan fingerprint density at radius 3 is 2.69 bits per heavy atom. The molecule has 1 aliphatic rings. The van der Waals surface area contributed by atoms with Gasteiger partial charge in [-0.15, -0.1) is 0 Å². The molecule has 1 atom stereocenters. The Hall–Kier alpha value is -2.64. The van der Waals surface area contributed by atoms with E-state index in [0.29, 0.717) is 16.9 Å². The van der Waals surface area contributed by atoms with Gasteiger partial charge in [0, 0.05) is 36.5 Å². The second kappa shape index (κ2) is 8.39. The third-order valence-electron chi connectivity index (χ3n) is 4.87. The normalized spacial score (nSPS) is 18.9. The van der Waals surface area contributed by atoms with Gasteiger partial charge in [0.25, 0.3) is 5.91 Å². The fourth-order valence-electron chi connectivity index (χ4n) is 3.37. The number of aliphatic hydroxyl groups is 1. The number of pyridine rings is 1. The zero-order valence-corrected chi connectivity index (χ0v) is 16.6. The van der Waals surface area contributed by atoms with Crippen molar-refractivity contribution >= 4 is 34.8 Å². The second-order valence-electron chi connectivity index (χ2n) is 7.15. The molecule has 1 amide bonds. The van der Waals surface area contributed by atoms with Crippen LogP contribution >= 0.6 is 11.6 Å². The highest BCUT2D eigenvalue weighted by Gasteiger charge is 2.50. The first-order chi connectivity index (χ1) is 13.7. The van der Waals surface area contributed by atoms with Gasteiger partial charge in [0.2, 0.25) is 5.60 Å². The molecule has 29 heavy (non-hydrogen) atoms. The van der Waals surface area contributed by atoms with Gasteiger partial charge < -0.3 is 10.0 Å². The second-order valence-corrected chi connectivity index (χ2v) is 7.59. The molecular formula is C21H20ClFN2O4. The van der Waals surface area contributed by atoms with Gasteiger partial charge in [-0.2, -0.15) is 0 Å². The highest BCUT2D eigenvalue weighted by atomic mass is 35.5. The predicted octanol–water partition coefficient (Wildman–Crippen LogP) is 2.68. The lowest BCUT2D eigenvalue weighted by molar-refractivity contribution is -0.147. The Kier molecular flexibility index (Phi) is 6.10. The van der Waals surface area contributed by atoms with Crippen LogP contribution in [0.4, 0.5) is 10.1 Å². The number of aromatic nitrogens is 1. The maximum atomic E-state index is 13.4. The van der Waals surface area contributed by atoms with Crippen molar-refractivity contribution in [3.8, 4) is 0 Å². The number of carbonyl (C=O) groups is 3. The summed E-state index contributed by atoms with van der Waals surface area (Å²) in [6.45, 7) is 1.63. The Morgan fingerprint density at radius 2 is 2.07 bits per heavy atom. The van der Waals surface area contributed by atoms with Crippen LogP contribution in [0.15, 0.2) is 36.5 Å². The minimum absolute atomic E-state index is 0.0259. The largest absolute Gasteiger partial charge is 0.373 e. The van der Waals surface area contributed by atoms with Crippen molar-refractivity contribution in [2.45, 2.75) is 38.2 Å². The van der Waals surface area contributed by atoms with Crippen molar-refractivity contribution in [2.75, 3.05) is 11.4 Å². The van der Waals surface area contributed by atoms with Crippen LogP contribution in [-0.4, -0.2) is 39.7 Å². The number of rotatable bonds is 7. The van der Waals surface area contributed by atoms with E-state index in [9.17, 15) is 23.9 Å². The summed E-state index contributed by atoms with van der Waals surface area (Å²) in [5.41, 5.74) is -0.578. The number of halogens is 2. The van der Waals surface area contributed by atoms with Crippen LogP contribution in [0.1, 0.15) is 31.0 Å². The molecule has 1 aromatic heterocycles. The molecular weight excluding hydrogens is 399 g/mol. The van der Waals surface area contributed by atoms with Crippen molar-refractivity contribution in [2.24, 2.45) is 0 Å². The van der Waals surface area contributed by atoms with E-state index < -0.39 is 23.1 Å². The van der Waals surface area contributed by atoms with Gasteiger partial charge in [-0.25, -0.2) is 4.39 Å². The Labute approximate surface area is 172 Å². The summed E-state index contributed by atoms with van der Waals surface area (Å²) in [7, 11) is 0. The Balaban J connectivity index is 1.68. The molecule has 0 bridgehead atoms. The highest BCUT2D eigenvalue weighted by Crippen LogP contribution is 2.30. The monoisotopic (exact) mass is 418 g/mol. The van der Waals surface area contributed by atoms with E-state index in [2.05, 4.69) is 4.98 Å². The summed E-state index contributed by atoms with van der Waals surface area (Å²) in [6.07, 6.45) is 1.64. The van der Waals surface area contributed by atoms with E-state index >= 15 is 0 Å². The van der Waals surface area contributed by atoms with Gasteiger partial charge in [-0.3, -0.25) is 19.4 Å². The molecule has 1 aliphatic heterocycles. The number of amides is 1. The van der Waals surface area contributed by atoms with Gasteiger partial charge in [0.1, 0.15) is 11.6 Å². The maximum Gasteiger partial charge on any atom is 0.266 e. The van der Waals surface area contributed by atoms with E-state index in [4.69, 9.17) is 11.6 Å². The minimum Gasteiger partial charge on any atom is -0.373 e.